The lowest BCUT2D eigenvalue weighted by atomic mass is 10.2. The van der Waals surface area contributed by atoms with Gasteiger partial charge in [-0.3, -0.25) is 0 Å². The zero-order chi connectivity index (χ0) is 14.3. The van der Waals surface area contributed by atoms with Gasteiger partial charge in [-0.15, -0.1) is 0 Å². The number of nitrogens with two attached hydrogens (primary N) is 1. The molecule has 0 bridgehead atoms. The summed E-state index contributed by atoms with van der Waals surface area (Å²) in [4.78, 5) is 0.0455. The number of halogens is 1. The summed E-state index contributed by atoms with van der Waals surface area (Å²) in [7, 11) is -3.57. The second-order valence-corrected chi connectivity index (χ2v) is 7.29. The van der Waals surface area contributed by atoms with Gasteiger partial charge in [0.2, 0.25) is 10.0 Å². The van der Waals surface area contributed by atoms with E-state index in [1.54, 1.807) is 17.8 Å². The fraction of sp³-hybridized carbons (Fsp3) is 0.500. The Bertz CT molecular complexity index is 506. The average molecular weight is 323 g/mol. The first-order valence-corrected chi connectivity index (χ1v) is 9.26. The fourth-order valence-corrected chi connectivity index (χ4v) is 3.53. The summed E-state index contributed by atoms with van der Waals surface area (Å²) in [5.74, 6) is 1.11. The summed E-state index contributed by atoms with van der Waals surface area (Å²) in [6.07, 6.45) is 4.99. The molecule has 0 aromatic heterocycles. The second-order valence-electron chi connectivity index (χ2n) is 4.13. The van der Waals surface area contributed by atoms with Crippen LogP contribution < -0.4 is 10.5 Å². The van der Waals surface area contributed by atoms with E-state index in [-0.39, 0.29) is 10.6 Å². The molecule has 3 N–H and O–H groups in total. The Hall–Kier alpha value is -0.430. The largest absolute Gasteiger partial charge is 0.398 e. The molecule has 0 saturated heterocycles. The van der Waals surface area contributed by atoms with Gasteiger partial charge in [-0.1, -0.05) is 18.0 Å². The van der Waals surface area contributed by atoms with Crippen molar-refractivity contribution < 1.29 is 8.42 Å². The zero-order valence-corrected chi connectivity index (χ0v) is 13.2. The van der Waals surface area contributed by atoms with E-state index in [0.29, 0.717) is 11.6 Å². The third-order valence-corrected chi connectivity index (χ3v) is 5.03. The van der Waals surface area contributed by atoms with E-state index in [1.807, 2.05) is 0 Å². The van der Waals surface area contributed by atoms with Gasteiger partial charge < -0.3 is 5.73 Å². The van der Waals surface area contributed by atoms with Crippen LogP contribution in [-0.2, 0) is 10.0 Å². The van der Waals surface area contributed by atoms with E-state index in [1.165, 1.54) is 12.1 Å². The summed E-state index contributed by atoms with van der Waals surface area (Å²) in [5, 5.41) is 0.356. The number of sulfonamides is 1. The van der Waals surface area contributed by atoms with Crippen molar-refractivity contribution in [1.82, 2.24) is 4.72 Å². The van der Waals surface area contributed by atoms with Crippen LogP contribution >= 0.6 is 23.4 Å². The quantitative estimate of drug-likeness (QED) is 0.570. The summed E-state index contributed by atoms with van der Waals surface area (Å²) < 4.78 is 26.6. The molecule has 108 valence electrons. The van der Waals surface area contributed by atoms with Crippen molar-refractivity contribution in [2.45, 2.75) is 24.2 Å². The number of hydrogen-bond donors (Lipinski definition) is 2. The molecule has 0 spiro atoms. The number of unbranched alkanes of at least 4 members (excludes halogenated alkanes) is 2. The zero-order valence-electron chi connectivity index (χ0n) is 10.9. The first-order chi connectivity index (χ1) is 8.97. The minimum atomic E-state index is -3.57. The molecular weight excluding hydrogens is 304 g/mol. The Morgan fingerprint density at radius 1 is 1.32 bits per heavy atom. The topological polar surface area (TPSA) is 72.2 Å². The molecule has 0 radical (unpaired) electrons. The molecule has 1 aromatic rings. The van der Waals surface area contributed by atoms with Crippen LogP contribution in [0, 0.1) is 0 Å². The van der Waals surface area contributed by atoms with Crippen LogP contribution in [0.25, 0.3) is 0 Å². The Balaban J connectivity index is 2.54. The Labute approximate surface area is 124 Å². The minimum absolute atomic E-state index is 0.0455. The van der Waals surface area contributed by atoms with Crippen molar-refractivity contribution in [2.75, 3.05) is 24.3 Å². The fourth-order valence-electron chi connectivity index (χ4n) is 1.57. The van der Waals surface area contributed by atoms with Crippen LogP contribution in [0.5, 0.6) is 0 Å². The lowest BCUT2D eigenvalue weighted by molar-refractivity contribution is 0.576. The van der Waals surface area contributed by atoms with Crippen LogP contribution in [0.2, 0.25) is 5.02 Å². The van der Waals surface area contributed by atoms with Crippen LogP contribution in [0.1, 0.15) is 19.3 Å². The van der Waals surface area contributed by atoms with E-state index in [2.05, 4.69) is 11.0 Å². The number of nitrogen functional groups attached to an aromatic ring is 1. The smallest absolute Gasteiger partial charge is 0.242 e. The van der Waals surface area contributed by atoms with E-state index in [4.69, 9.17) is 17.3 Å². The molecule has 0 atom stereocenters. The molecule has 0 aliphatic rings. The maximum Gasteiger partial charge on any atom is 0.242 e. The van der Waals surface area contributed by atoms with Crippen LogP contribution in [0.3, 0.4) is 0 Å². The molecule has 0 heterocycles. The number of anilines is 1. The van der Waals surface area contributed by atoms with E-state index in [9.17, 15) is 8.42 Å². The molecule has 7 heteroatoms. The number of benzene rings is 1. The summed E-state index contributed by atoms with van der Waals surface area (Å²) in [5.41, 5.74) is 5.87. The van der Waals surface area contributed by atoms with Gasteiger partial charge in [0.1, 0.15) is 4.90 Å². The highest BCUT2D eigenvalue weighted by molar-refractivity contribution is 7.98. The lowest BCUT2D eigenvalue weighted by Gasteiger charge is -2.09. The first-order valence-electron chi connectivity index (χ1n) is 6.01. The van der Waals surface area contributed by atoms with E-state index in [0.717, 1.165) is 25.0 Å². The van der Waals surface area contributed by atoms with Crippen LogP contribution in [0.4, 0.5) is 5.69 Å². The molecule has 19 heavy (non-hydrogen) atoms. The molecule has 0 aliphatic heterocycles. The van der Waals surface area contributed by atoms with Crippen molar-refractivity contribution >= 4 is 39.1 Å². The van der Waals surface area contributed by atoms with Gasteiger partial charge in [-0.25, -0.2) is 13.1 Å². The lowest BCUT2D eigenvalue weighted by Crippen LogP contribution is -2.25. The number of hydrogen-bond acceptors (Lipinski definition) is 4. The third kappa shape index (κ3) is 5.60. The van der Waals surface area contributed by atoms with Gasteiger partial charge in [0, 0.05) is 11.6 Å². The molecule has 0 amide bonds. The Morgan fingerprint density at radius 2 is 2.05 bits per heavy atom. The predicted molar refractivity (Wildman–Crippen MR) is 83.3 cm³/mol. The molecule has 1 rings (SSSR count). The van der Waals surface area contributed by atoms with Crippen molar-refractivity contribution in [1.29, 1.82) is 0 Å². The third-order valence-electron chi connectivity index (χ3n) is 2.58. The maximum absolute atomic E-state index is 12.0. The SMILES string of the molecule is CSCCCCCNS(=O)(=O)c1cc(Cl)ccc1N. The monoisotopic (exact) mass is 322 g/mol. The van der Waals surface area contributed by atoms with Crippen molar-refractivity contribution in [3.63, 3.8) is 0 Å². The molecule has 4 nitrogen and oxygen atoms in total. The Kier molecular flexibility index (Phi) is 6.99. The highest BCUT2D eigenvalue weighted by Crippen LogP contribution is 2.22. The average Bonchev–Trinajstić information content (AvgIpc) is 2.36. The predicted octanol–water partition coefficient (Wildman–Crippen LogP) is 2.73. The standard InChI is InChI=1S/C12H19ClN2O2S2/c1-18-8-4-2-3-7-15-19(16,17)12-9-10(13)5-6-11(12)14/h5-6,9,15H,2-4,7-8,14H2,1H3. The molecule has 0 aliphatic carbocycles. The molecule has 1 aromatic carbocycles. The van der Waals surface area contributed by atoms with Gasteiger partial charge in [-0.2, -0.15) is 11.8 Å². The van der Waals surface area contributed by atoms with Gasteiger partial charge in [0.05, 0.1) is 5.69 Å². The maximum atomic E-state index is 12.0. The van der Waals surface area contributed by atoms with Crippen molar-refractivity contribution in [2.24, 2.45) is 0 Å². The number of nitrogens with one attached hydrogen (secondary N) is 1. The normalized spacial score (nSPS) is 11.7. The highest BCUT2D eigenvalue weighted by Gasteiger charge is 2.17. The number of rotatable bonds is 8. The highest BCUT2D eigenvalue weighted by atomic mass is 35.5. The van der Waals surface area contributed by atoms with Gasteiger partial charge in [-0.05, 0) is 43.0 Å². The van der Waals surface area contributed by atoms with Gasteiger partial charge >= 0.3 is 0 Å². The van der Waals surface area contributed by atoms with Gasteiger partial charge in [0.25, 0.3) is 0 Å². The molecule has 0 fully saturated rings. The van der Waals surface area contributed by atoms with Crippen molar-refractivity contribution in [3.05, 3.63) is 23.2 Å². The second kappa shape index (κ2) is 7.99. The first kappa shape index (κ1) is 16.6. The van der Waals surface area contributed by atoms with Crippen LogP contribution in [-0.4, -0.2) is 27.0 Å². The van der Waals surface area contributed by atoms with Crippen molar-refractivity contribution in [3.8, 4) is 0 Å². The van der Waals surface area contributed by atoms with Crippen LogP contribution in [0.15, 0.2) is 23.1 Å². The summed E-state index contributed by atoms with van der Waals surface area (Å²) in [6.45, 7) is 0.419. The van der Waals surface area contributed by atoms with E-state index < -0.39 is 10.0 Å². The summed E-state index contributed by atoms with van der Waals surface area (Å²) >= 11 is 7.59. The molecule has 0 saturated carbocycles. The van der Waals surface area contributed by atoms with Gasteiger partial charge in [0.15, 0.2) is 0 Å². The molecular formula is C12H19ClN2O2S2. The molecule has 0 unspecified atom stereocenters. The van der Waals surface area contributed by atoms with E-state index >= 15 is 0 Å². The summed E-state index contributed by atoms with van der Waals surface area (Å²) in [6, 6.07) is 4.43. The number of thioether (sulfide) groups is 1. The Morgan fingerprint density at radius 3 is 2.74 bits per heavy atom. The minimum Gasteiger partial charge on any atom is -0.398 e.